The summed E-state index contributed by atoms with van der Waals surface area (Å²) < 4.78 is 0. The fourth-order valence-electron chi connectivity index (χ4n) is 0.650. The molecule has 74 valence electrons. The van der Waals surface area contributed by atoms with Gasteiger partial charge in [0.15, 0.2) is 0 Å². The molecule has 0 radical (unpaired) electrons. The van der Waals surface area contributed by atoms with Crippen LogP contribution in [0, 0.1) is 0 Å². The average molecular weight is 304 g/mol. The molecule has 0 amide bonds. The van der Waals surface area contributed by atoms with Gasteiger partial charge in [0.05, 0.1) is 0 Å². The summed E-state index contributed by atoms with van der Waals surface area (Å²) in [5.74, 6) is 0. The van der Waals surface area contributed by atoms with Crippen LogP contribution in [0.4, 0.5) is 0 Å². The monoisotopic (exact) mass is 306 g/mol. The topological polar surface area (TPSA) is 40.5 Å². The first-order valence-corrected chi connectivity index (χ1v) is 10.6. The van der Waals surface area contributed by atoms with Crippen molar-refractivity contribution in [1.82, 2.24) is 0 Å². The van der Waals surface area contributed by atoms with Crippen molar-refractivity contribution in [3.8, 4) is 0 Å². The summed E-state index contributed by atoms with van der Waals surface area (Å²) in [5.41, 5.74) is 0. The summed E-state index contributed by atoms with van der Waals surface area (Å²) >= 11 is 1.40. The van der Waals surface area contributed by atoms with E-state index in [1.165, 1.54) is 0 Å². The fourth-order valence-corrected chi connectivity index (χ4v) is 8.53. The molecule has 0 aromatic carbocycles. The molecule has 0 heterocycles. The summed E-state index contributed by atoms with van der Waals surface area (Å²) in [7, 11) is 0. The third kappa shape index (κ3) is 7.60. The molecule has 12 heavy (non-hydrogen) atoms. The van der Waals surface area contributed by atoms with Gasteiger partial charge in [-0.05, 0) is 0 Å². The number of hydrogen-bond donors (Lipinski definition) is 2. The minimum absolute atomic E-state index is 0.327. The van der Waals surface area contributed by atoms with Gasteiger partial charge in [0.1, 0.15) is 0 Å². The summed E-state index contributed by atoms with van der Waals surface area (Å²) in [6, 6.07) is 0. The predicted molar refractivity (Wildman–Crippen MR) is 53.8 cm³/mol. The third-order valence-corrected chi connectivity index (χ3v) is 12.4. The van der Waals surface area contributed by atoms with Crippen molar-refractivity contribution in [3.63, 3.8) is 0 Å². The van der Waals surface area contributed by atoms with Crippen molar-refractivity contribution < 1.29 is 10.2 Å². The maximum atomic E-state index is 8.68. The second-order valence-electron chi connectivity index (χ2n) is 2.84. The molecule has 2 N–H and O–H groups in total. The number of aliphatic hydroxyl groups is 2. The van der Waals surface area contributed by atoms with E-state index in [9.17, 15) is 0 Å². The molecule has 0 rings (SSSR count). The van der Waals surface area contributed by atoms with E-state index in [0.29, 0.717) is 49.1 Å². The van der Waals surface area contributed by atoms with E-state index in [2.05, 4.69) is 13.8 Å². The van der Waals surface area contributed by atoms with E-state index < -0.39 is 0 Å². The van der Waals surface area contributed by atoms with Crippen LogP contribution in [-0.2, 0) is 0 Å². The van der Waals surface area contributed by atoms with Gasteiger partial charge in [-0.25, -0.2) is 0 Å². The van der Waals surface area contributed by atoms with Crippen LogP contribution < -0.4 is 0 Å². The minimum atomic E-state index is 0.327. The zero-order valence-corrected chi connectivity index (χ0v) is 11.1. The first kappa shape index (κ1) is 13.0. The van der Waals surface area contributed by atoms with E-state index in [-0.39, 0.29) is 0 Å². The Labute approximate surface area is 86.0 Å². The molecule has 0 aliphatic rings. The SMILES string of the molecule is CC(CCO)[Se][Se]C(C)CCO. The van der Waals surface area contributed by atoms with Gasteiger partial charge < -0.3 is 0 Å². The first-order valence-electron chi connectivity index (χ1n) is 4.24. The van der Waals surface area contributed by atoms with Crippen molar-refractivity contribution >= 4 is 26.3 Å². The van der Waals surface area contributed by atoms with Crippen LogP contribution in [0.25, 0.3) is 0 Å². The van der Waals surface area contributed by atoms with Gasteiger partial charge in [-0.1, -0.05) is 0 Å². The van der Waals surface area contributed by atoms with Gasteiger partial charge in [-0.2, -0.15) is 0 Å². The molecule has 2 unspecified atom stereocenters. The van der Waals surface area contributed by atoms with Gasteiger partial charge in [0, 0.05) is 0 Å². The normalized spacial score (nSPS) is 16.0. The Hall–Kier alpha value is 0.959. The van der Waals surface area contributed by atoms with Crippen LogP contribution >= 0.6 is 0 Å². The standard InChI is InChI=1S/C8H18O2Se2/c1-7(3-5-9)11-12-8(2)4-6-10/h7-10H,3-6H2,1-2H3. The summed E-state index contributed by atoms with van der Waals surface area (Å²) in [6.07, 6.45) is 1.90. The first-order chi connectivity index (χ1) is 5.70. The second-order valence-corrected chi connectivity index (χ2v) is 11.2. The number of rotatable bonds is 7. The Morgan fingerprint density at radius 1 is 0.917 bits per heavy atom. The molecule has 0 saturated carbocycles. The van der Waals surface area contributed by atoms with Crippen LogP contribution in [0.1, 0.15) is 26.7 Å². The Balaban J connectivity index is 3.27. The summed E-state index contributed by atoms with van der Waals surface area (Å²) in [6.45, 7) is 5.08. The van der Waals surface area contributed by atoms with Crippen LogP contribution in [0.5, 0.6) is 0 Å². The van der Waals surface area contributed by atoms with Crippen LogP contribution in [-0.4, -0.2) is 49.7 Å². The molecule has 0 saturated heterocycles. The molecular weight excluding hydrogens is 286 g/mol. The van der Waals surface area contributed by atoms with Crippen molar-refractivity contribution in [2.45, 2.75) is 36.3 Å². The third-order valence-electron chi connectivity index (χ3n) is 1.46. The molecule has 4 heteroatoms. The molecule has 0 aliphatic carbocycles. The summed E-state index contributed by atoms with van der Waals surface area (Å²) in [5, 5.41) is 17.4. The predicted octanol–water partition coefficient (Wildman–Crippen LogP) is 0.691. The van der Waals surface area contributed by atoms with Gasteiger partial charge in [0.2, 0.25) is 0 Å². The van der Waals surface area contributed by atoms with E-state index in [0.717, 1.165) is 12.8 Å². The van der Waals surface area contributed by atoms with Gasteiger partial charge in [-0.15, -0.1) is 0 Å². The van der Waals surface area contributed by atoms with E-state index in [1.807, 2.05) is 0 Å². The zero-order valence-electron chi connectivity index (χ0n) is 7.69. The average Bonchev–Trinajstić information content (AvgIpc) is 2.02. The molecule has 2 atom stereocenters. The second kappa shape index (κ2) is 8.55. The Kier molecular flexibility index (Phi) is 9.24. The van der Waals surface area contributed by atoms with Crippen LogP contribution in [0.3, 0.4) is 0 Å². The van der Waals surface area contributed by atoms with Gasteiger partial charge in [0.25, 0.3) is 0 Å². The Bertz CT molecular complexity index is 89.1. The van der Waals surface area contributed by atoms with Crippen molar-refractivity contribution in [3.05, 3.63) is 0 Å². The quantitative estimate of drug-likeness (QED) is 0.680. The van der Waals surface area contributed by atoms with Crippen LogP contribution in [0.2, 0.25) is 9.63 Å². The number of hydrogen-bond acceptors (Lipinski definition) is 2. The van der Waals surface area contributed by atoms with Crippen molar-refractivity contribution in [2.75, 3.05) is 13.2 Å². The molecular formula is C8H18O2Se2. The molecule has 0 spiro atoms. The van der Waals surface area contributed by atoms with Crippen molar-refractivity contribution in [2.24, 2.45) is 0 Å². The van der Waals surface area contributed by atoms with E-state index in [4.69, 9.17) is 10.2 Å². The Morgan fingerprint density at radius 3 is 1.50 bits per heavy atom. The molecule has 0 fully saturated rings. The molecule has 0 aliphatic heterocycles. The molecule has 0 aromatic rings. The van der Waals surface area contributed by atoms with E-state index in [1.54, 1.807) is 0 Å². The van der Waals surface area contributed by atoms with Gasteiger partial charge in [-0.3, -0.25) is 0 Å². The maximum absolute atomic E-state index is 8.68. The van der Waals surface area contributed by atoms with Crippen molar-refractivity contribution in [1.29, 1.82) is 0 Å². The van der Waals surface area contributed by atoms with Gasteiger partial charge >= 0.3 is 86.0 Å². The van der Waals surface area contributed by atoms with Crippen LogP contribution in [0.15, 0.2) is 0 Å². The number of aliphatic hydroxyl groups excluding tert-OH is 2. The Morgan fingerprint density at radius 2 is 1.25 bits per heavy atom. The fraction of sp³-hybridized carbons (Fsp3) is 1.00. The molecule has 0 aromatic heterocycles. The van der Waals surface area contributed by atoms with E-state index >= 15 is 0 Å². The summed E-state index contributed by atoms with van der Waals surface area (Å²) in [4.78, 5) is 1.42. The zero-order chi connectivity index (χ0) is 9.40. The molecule has 0 bridgehead atoms. The molecule has 2 nitrogen and oxygen atoms in total.